The highest BCUT2D eigenvalue weighted by Gasteiger charge is 2.26. The van der Waals surface area contributed by atoms with Crippen LogP contribution in [0.15, 0.2) is 36.4 Å². The quantitative estimate of drug-likeness (QED) is 0.514. The summed E-state index contributed by atoms with van der Waals surface area (Å²) in [6.07, 6.45) is 0.976. The first-order chi connectivity index (χ1) is 13.3. The Bertz CT molecular complexity index is 1230. The van der Waals surface area contributed by atoms with E-state index in [2.05, 4.69) is 70.7 Å². The molecule has 0 radical (unpaired) electrons. The van der Waals surface area contributed by atoms with Crippen molar-refractivity contribution in [2.24, 2.45) is 0 Å². The fourth-order valence-corrected chi connectivity index (χ4v) is 4.23. The van der Waals surface area contributed by atoms with Gasteiger partial charge in [0.05, 0.1) is 0 Å². The number of anilines is 1. The molecule has 4 rings (SSSR count). The van der Waals surface area contributed by atoms with E-state index in [-0.39, 0.29) is 0 Å². The topological polar surface area (TPSA) is 35.2 Å². The third-order valence-electron chi connectivity index (χ3n) is 6.06. The highest BCUT2D eigenvalue weighted by molar-refractivity contribution is 5.89. The largest absolute Gasteiger partial charge is 0.455 e. The van der Waals surface area contributed by atoms with Crippen LogP contribution in [-0.4, -0.2) is 0 Å². The second-order valence-corrected chi connectivity index (χ2v) is 7.77. The Balaban J connectivity index is 2.26. The fraction of sp³-hybridized carbons (Fsp3) is 0.231. The van der Waals surface area contributed by atoms with Gasteiger partial charge in [0.25, 0.3) is 0 Å². The number of aryl methyl sites for hydroxylation is 3. The lowest BCUT2D eigenvalue weighted by atomic mass is 9.86. The monoisotopic (exact) mass is 369 g/mol. The van der Waals surface area contributed by atoms with Crippen LogP contribution in [0.4, 0.5) is 5.69 Å². The van der Waals surface area contributed by atoms with Gasteiger partial charge >= 0.3 is 0 Å². The number of rotatable bonds is 2. The lowest BCUT2D eigenvalue weighted by molar-refractivity contribution is 0.464. The molecule has 0 saturated heterocycles. The Labute approximate surface area is 167 Å². The molecule has 0 aliphatic carbocycles. The molecule has 1 aliphatic rings. The Morgan fingerprint density at radius 3 is 2.32 bits per heavy atom. The summed E-state index contributed by atoms with van der Waals surface area (Å²) in [5, 5.41) is 2.17. The summed E-state index contributed by atoms with van der Waals surface area (Å²) in [6, 6.07) is 13.0. The smallest absolute Gasteiger partial charge is 0.140 e. The van der Waals surface area contributed by atoms with Gasteiger partial charge in [-0.2, -0.15) is 0 Å². The molecule has 1 aliphatic heterocycles. The average Bonchev–Trinajstić information content (AvgIpc) is 2.70. The molecular weight excluding hydrogens is 342 g/mol. The summed E-state index contributed by atoms with van der Waals surface area (Å²) in [5.41, 5.74) is 16.4. The summed E-state index contributed by atoms with van der Waals surface area (Å²) in [4.78, 5) is 0. The predicted octanol–water partition coefficient (Wildman–Crippen LogP) is 4.83. The highest BCUT2D eigenvalue weighted by atomic mass is 16.5. The first-order valence-electron chi connectivity index (χ1n) is 9.84. The van der Waals surface area contributed by atoms with Crippen molar-refractivity contribution in [3.63, 3.8) is 0 Å². The molecule has 0 fully saturated rings. The second-order valence-electron chi connectivity index (χ2n) is 7.77. The number of nitrogens with two attached hydrogens (primary N) is 1. The van der Waals surface area contributed by atoms with Crippen molar-refractivity contribution < 1.29 is 4.74 Å². The maximum atomic E-state index is 6.50. The Kier molecular flexibility index (Phi) is 4.30. The van der Waals surface area contributed by atoms with E-state index in [1.807, 2.05) is 6.92 Å². The van der Waals surface area contributed by atoms with Crippen LogP contribution in [0.3, 0.4) is 0 Å². The summed E-state index contributed by atoms with van der Waals surface area (Å²) in [5.74, 6) is 1.76. The van der Waals surface area contributed by atoms with E-state index in [4.69, 9.17) is 10.5 Å². The molecule has 3 aromatic rings. The van der Waals surface area contributed by atoms with E-state index in [1.54, 1.807) is 0 Å². The Morgan fingerprint density at radius 2 is 1.61 bits per heavy atom. The Morgan fingerprint density at radius 1 is 0.893 bits per heavy atom. The zero-order chi connectivity index (χ0) is 20.2. The van der Waals surface area contributed by atoms with Crippen LogP contribution in [0.2, 0.25) is 0 Å². The van der Waals surface area contributed by atoms with Gasteiger partial charge in [0.2, 0.25) is 0 Å². The lowest BCUT2D eigenvalue weighted by Crippen LogP contribution is -2.25. The molecule has 0 bridgehead atoms. The predicted molar refractivity (Wildman–Crippen MR) is 119 cm³/mol. The SMILES string of the molecule is C=c1c(C)cc2c(c1C)Oc1c(cc(C)c(N)c1C)C=2c1ccccc1CC. The minimum Gasteiger partial charge on any atom is -0.455 e. The maximum absolute atomic E-state index is 6.50. The molecule has 0 amide bonds. The number of fused-ring (bicyclic) bond motifs is 2. The van der Waals surface area contributed by atoms with Crippen LogP contribution in [0.5, 0.6) is 11.5 Å². The molecular formula is C26H27NO. The van der Waals surface area contributed by atoms with Gasteiger partial charge in [-0.1, -0.05) is 37.8 Å². The zero-order valence-corrected chi connectivity index (χ0v) is 17.4. The van der Waals surface area contributed by atoms with Crippen LogP contribution in [0.1, 0.15) is 45.9 Å². The highest BCUT2D eigenvalue weighted by Crippen LogP contribution is 2.42. The van der Waals surface area contributed by atoms with Crippen molar-refractivity contribution in [1.82, 2.24) is 0 Å². The van der Waals surface area contributed by atoms with Crippen LogP contribution in [0.25, 0.3) is 12.2 Å². The van der Waals surface area contributed by atoms with Crippen molar-refractivity contribution in [3.05, 3.63) is 85.8 Å². The van der Waals surface area contributed by atoms with Crippen molar-refractivity contribution in [2.75, 3.05) is 5.73 Å². The van der Waals surface area contributed by atoms with Crippen molar-refractivity contribution in [1.29, 1.82) is 0 Å². The van der Waals surface area contributed by atoms with E-state index < -0.39 is 0 Å². The van der Waals surface area contributed by atoms with Crippen molar-refractivity contribution in [2.45, 2.75) is 41.0 Å². The van der Waals surface area contributed by atoms with Gasteiger partial charge in [-0.15, -0.1) is 0 Å². The Hall–Kier alpha value is -3.00. The third kappa shape index (κ3) is 2.56. The van der Waals surface area contributed by atoms with Gasteiger partial charge in [-0.05, 0) is 79.3 Å². The number of hydrogen-bond donors (Lipinski definition) is 1. The van der Waals surface area contributed by atoms with Crippen molar-refractivity contribution >= 4 is 17.8 Å². The van der Waals surface area contributed by atoms with Crippen LogP contribution < -0.4 is 20.9 Å². The van der Waals surface area contributed by atoms with E-state index in [0.717, 1.165) is 56.3 Å². The summed E-state index contributed by atoms with van der Waals surface area (Å²) in [7, 11) is 0. The standard InChI is InChI=1S/C26H27NO/c1-7-19-10-8-9-11-20(19)23-21-12-14(2)16(4)17(5)25(21)28-26-18(6)24(27)15(3)13-22(23)26/h8-13H,4,7,27H2,1-3,5-6H3. The van der Waals surface area contributed by atoms with Crippen LogP contribution in [0, 0.1) is 27.7 Å². The zero-order valence-electron chi connectivity index (χ0n) is 17.4. The van der Waals surface area contributed by atoms with Gasteiger partial charge in [0.1, 0.15) is 11.5 Å². The summed E-state index contributed by atoms with van der Waals surface area (Å²) >= 11 is 0. The minimum atomic E-state index is 0.796. The lowest BCUT2D eigenvalue weighted by Gasteiger charge is -2.27. The average molecular weight is 370 g/mol. The molecule has 0 aromatic heterocycles. The maximum Gasteiger partial charge on any atom is 0.140 e. The van der Waals surface area contributed by atoms with Crippen LogP contribution >= 0.6 is 0 Å². The van der Waals surface area contributed by atoms with E-state index in [9.17, 15) is 0 Å². The molecule has 3 aromatic carbocycles. The summed E-state index contributed by atoms with van der Waals surface area (Å²) < 4.78 is 6.50. The molecule has 0 spiro atoms. The number of ether oxygens (including phenoxy) is 1. The molecule has 2 nitrogen and oxygen atoms in total. The van der Waals surface area contributed by atoms with Gasteiger partial charge in [-0.3, -0.25) is 0 Å². The molecule has 1 heterocycles. The second kappa shape index (κ2) is 6.56. The van der Waals surface area contributed by atoms with Crippen LogP contribution in [-0.2, 0) is 6.42 Å². The van der Waals surface area contributed by atoms with E-state index >= 15 is 0 Å². The normalized spacial score (nSPS) is 12.4. The molecule has 0 atom stereocenters. The molecule has 0 unspecified atom stereocenters. The van der Waals surface area contributed by atoms with Gasteiger partial charge in [-0.25, -0.2) is 0 Å². The first kappa shape index (κ1) is 18.4. The third-order valence-corrected chi connectivity index (χ3v) is 6.06. The molecule has 0 saturated carbocycles. The van der Waals surface area contributed by atoms with Crippen molar-refractivity contribution in [3.8, 4) is 11.5 Å². The van der Waals surface area contributed by atoms with E-state index in [1.165, 1.54) is 22.3 Å². The first-order valence-corrected chi connectivity index (χ1v) is 9.84. The van der Waals surface area contributed by atoms with Gasteiger partial charge in [0, 0.05) is 27.6 Å². The molecule has 142 valence electrons. The summed E-state index contributed by atoms with van der Waals surface area (Å²) in [6.45, 7) is 14.8. The van der Waals surface area contributed by atoms with Gasteiger partial charge in [0.15, 0.2) is 0 Å². The minimum absolute atomic E-state index is 0.796. The van der Waals surface area contributed by atoms with E-state index in [0.29, 0.717) is 0 Å². The number of benzene rings is 3. The molecule has 2 N–H and O–H groups in total. The fourth-order valence-electron chi connectivity index (χ4n) is 4.23. The number of nitrogen functional groups attached to an aromatic ring is 1. The van der Waals surface area contributed by atoms with Gasteiger partial charge < -0.3 is 10.5 Å². The number of hydrogen-bond acceptors (Lipinski definition) is 2. The molecule has 2 heteroatoms. The molecule has 28 heavy (non-hydrogen) atoms.